The SMILES string of the molecule is Cc1cccc(/C=C2/SC(N3CCC[C@H]3C(=O)Nc3ccc4ncnc(Nc5cccc(Cl)c5)c4c3)=NC2=O)n1. The van der Waals surface area contributed by atoms with Gasteiger partial charge in [-0.15, -0.1) is 0 Å². The van der Waals surface area contributed by atoms with Gasteiger partial charge < -0.3 is 15.5 Å². The molecule has 0 radical (unpaired) electrons. The number of aromatic nitrogens is 3. The second kappa shape index (κ2) is 11.1. The van der Waals surface area contributed by atoms with Crippen LogP contribution in [0.3, 0.4) is 0 Å². The first kappa shape index (κ1) is 26.0. The zero-order chi connectivity index (χ0) is 27.6. The number of hydrogen-bond acceptors (Lipinski definition) is 8. The summed E-state index contributed by atoms with van der Waals surface area (Å²) in [4.78, 5) is 46.0. The van der Waals surface area contributed by atoms with Crippen LogP contribution < -0.4 is 10.6 Å². The molecule has 2 aromatic heterocycles. The summed E-state index contributed by atoms with van der Waals surface area (Å²) in [5.41, 5.74) is 3.72. The second-order valence-electron chi connectivity index (χ2n) is 9.44. The number of benzene rings is 2. The van der Waals surface area contributed by atoms with Gasteiger partial charge in [0.1, 0.15) is 18.2 Å². The van der Waals surface area contributed by atoms with Crippen LogP contribution in [0.4, 0.5) is 17.2 Å². The van der Waals surface area contributed by atoms with Crippen LogP contribution in [0, 0.1) is 6.92 Å². The number of likely N-dealkylation sites (tertiary alicyclic amines) is 1. The molecule has 0 unspecified atom stereocenters. The first-order valence-corrected chi connectivity index (χ1v) is 13.9. The molecule has 9 nitrogen and oxygen atoms in total. The lowest BCUT2D eigenvalue weighted by atomic mass is 10.1. The van der Waals surface area contributed by atoms with Gasteiger partial charge in [0.15, 0.2) is 5.17 Å². The number of halogens is 1. The average Bonchev–Trinajstić information content (AvgIpc) is 3.56. The van der Waals surface area contributed by atoms with Crippen LogP contribution in [0.2, 0.25) is 5.02 Å². The molecule has 0 spiro atoms. The number of fused-ring (bicyclic) bond motifs is 1. The maximum absolute atomic E-state index is 13.4. The molecule has 1 atom stereocenters. The van der Waals surface area contributed by atoms with E-state index in [1.807, 2.05) is 66.4 Å². The Kier molecular flexibility index (Phi) is 7.19. The highest BCUT2D eigenvalue weighted by Crippen LogP contribution is 2.34. The van der Waals surface area contributed by atoms with Crippen molar-refractivity contribution >= 4 is 74.5 Å². The molecule has 0 saturated carbocycles. The minimum Gasteiger partial charge on any atom is -0.340 e. The minimum atomic E-state index is -0.442. The van der Waals surface area contributed by atoms with Crippen molar-refractivity contribution in [2.75, 3.05) is 17.2 Å². The Labute approximate surface area is 239 Å². The average molecular weight is 570 g/mol. The van der Waals surface area contributed by atoms with Gasteiger partial charge >= 0.3 is 0 Å². The Morgan fingerprint density at radius 1 is 1.10 bits per heavy atom. The van der Waals surface area contributed by atoms with Crippen LogP contribution in [-0.2, 0) is 9.59 Å². The van der Waals surface area contributed by atoms with Crippen molar-refractivity contribution < 1.29 is 9.59 Å². The lowest BCUT2D eigenvalue weighted by Gasteiger charge is -2.24. The number of hydrogen-bond donors (Lipinski definition) is 2. The van der Waals surface area contributed by atoms with Crippen LogP contribution in [0.15, 0.2) is 76.9 Å². The second-order valence-corrected chi connectivity index (χ2v) is 10.9. The fraction of sp³-hybridized carbons (Fsp3) is 0.172. The third-order valence-corrected chi connectivity index (χ3v) is 7.85. The van der Waals surface area contributed by atoms with Crippen LogP contribution in [0.5, 0.6) is 0 Å². The Balaban J connectivity index is 1.19. The predicted octanol–water partition coefficient (Wildman–Crippen LogP) is 5.80. The van der Waals surface area contributed by atoms with Gasteiger partial charge in [0.25, 0.3) is 5.91 Å². The molecule has 0 aliphatic carbocycles. The molecule has 1 saturated heterocycles. The van der Waals surface area contributed by atoms with Crippen molar-refractivity contribution in [2.24, 2.45) is 4.99 Å². The summed E-state index contributed by atoms with van der Waals surface area (Å²) in [7, 11) is 0. The van der Waals surface area contributed by atoms with Crippen molar-refractivity contribution in [2.45, 2.75) is 25.8 Å². The molecule has 2 aliphatic heterocycles. The lowest BCUT2D eigenvalue weighted by molar-refractivity contribution is -0.119. The van der Waals surface area contributed by atoms with Gasteiger partial charge in [-0.25, -0.2) is 9.97 Å². The molecule has 2 N–H and O–H groups in total. The summed E-state index contributed by atoms with van der Waals surface area (Å²) in [5, 5.41) is 8.23. The number of thioether (sulfide) groups is 1. The van der Waals surface area contributed by atoms with Gasteiger partial charge in [0, 0.05) is 34.0 Å². The van der Waals surface area contributed by atoms with Crippen molar-refractivity contribution in [1.29, 1.82) is 0 Å². The standard InChI is InChI=1S/C29H24ClN7O2S/c1-17-5-2-7-20(33-17)15-25-28(39)36-29(40-25)37-12-4-9-24(37)27(38)35-21-10-11-23-22(14-21)26(32-16-31-23)34-19-8-3-6-18(30)13-19/h2-3,5-8,10-11,13-16,24H,4,9,12H2,1H3,(H,35,38)(H,31,32,34)/b25-15+/t24-/m0/s1. The summed E-state index contributed by atoms with van der Waals surface area (Å²) in [6.45, 7) is 2.55. The van der Waals surface area contributed by atoms with Crippen LogP contribution in [0.1, 0.15) is 24.2 Å². The Hall–Kier alpha value is -4.28. The lowest BCUT2D eigenvalue weighted by Crippen LogP contribution is -2.41. The Morgan fingerprint density at radius 3 is 2.83 bits per heavy atom. The smallest absolute Gasteiger partial charge is 0.286 e. The molecular weight excluding hydrogens is 546 g/mol. The van der Waals surface area contributed by atoms with Gasteiger partial charge in [-0.2, -0.15) is 4.99 Å². The summed E-state index contributed by atoms with van der Waals surface area (Å²) in [6, 6.07) is 18.1. The molecule has 6 rings (SSSR count). The highest BCUT2D eigenvalue weighted by molar-refractivity contribution is 8.18. The van der Waals surface area contributed by atoms with E-state index in [4.69, 9.17) is 11.6 Å². The highest BCUT2D eigenvalue weighted by atomic mass is 35.5. The van der Waals surface area contributed by atoms with E-state index < -0.39 is 6.04 Å². The summed E-state index contributed by atoms with van der Waals surface area (Å²) < 4.78 is 0. The predicted molar refractivity (Wildman–Crippen MR) is 160 cm³/mol. The zero-order valence-electron chi connectivity index (χ0n) is 21.5. The van der Waals surface area contributed by atoms with Gasteiger partial charge in [-0.3, -0.25) is 14.6 Å². The molecular formula is C29H24ClN7O2S. The van der Waals surface area contributed by atoms with Gasteiger partial charge in [-0.1, -0.05) is 23.7 Å². The molecule has 2 aromatic carbocycles. The van der Waals surface area contributed by atoms with Gasteiger partial charge in [0.05, 0.1) is 16.1 Å². The first-order valence-electron chi connectivity index (χ1n) is 12.7. The summed E-state index contributed by atoms with van der Waals surface area (Å²) >= 11 is 7.42. The number of carbonyl (C=O) groups is 2. The molecule has 11 heteroatoms. The topological polar surface area (TPSA) is 112 Å². The maximum Gasteiger partial charge on any atom is 0.286 e. The largest absolute Gasteiger partial charge is 0.340 e. The zero-order valence-corrected chi connectivity index (χ0v) is 23.0. The van der Waals surface area contributed by atoms with E-state index in [9.17, 15) is 9.59 Å². The van der Waals surface area contributed by atoms with Crippen LogP contribution in [-0.4, -0.2) is 49.4 Å². The molecule has 40 heavy (non-hydrogen) atoms. The number of rotatable bonds is 5. The van der Waals surface area contributed by atoms with Crippen LogP contribution >= 0.6 is 23.4 Å². The monoisotopic (exact) mass is 569 g/mol. The number of nitrogens with zero attached hydrogens (tertiary/aromatic N) is 5. The molecule has 0 bridgehead atoms. The van der Waals surface area contributed by atoms with Crippen molar-refractivity contribution in [1.82, 2.24) is 19.9 Å². The number of pyridine rings is 1. The van der Waals surface area contributed by atoms with Gasteiger partial charge in [0.2, 0.25) is 5.91 Å². The maximum atomic E-state index is 13.4. The number of aryl methyl sites for hydroxylation is 1. The quantitative estimate of drug-likeness (QED) is 0.290. The van der Waals surface area contributed by atoms with E-state index in [-0.39, 0.29) is 11.8 Å². The number of carbonyl (C=O) groups excluding carboxylic acids is 2. The molecule has 1 fully saturated rings. The van der Waals surface area contributed by atoms with E-state index >= 15 is 0 Å². The highest BCUT2D eigenvalue weighted by Gasteiger charge is 2.37. The fourth-order valence-electron chi connectivity index (χ4n) is 4.73. The van der Waals surface area contributed by atoms with Gasteiger partial charge in [-0.05, 0) is 86.1 Å². The molecule has 2 amide bonds. The normalized spacial score (nSPS) is 17.9. The van der Waals surface area contributed by atoms with Crippen molar-refractivity contribution in [3.05, 3.63) is 88.3 Å². The third kappa shape index (κ3) is 5.54. The number of amides is 2. The Morgan fingerprint density at radius 2 is 1.98 bits per heavy atom. The van der Waals surface area contributed by atoms with Crippen LogP contribution in [0.25, 0.3) is 17.0 Å². The minimum absolute atomic E-state index is 0.161. The summed E-state index contributed by atoms with van der Waals surface area (Å²) in [6.07, 6.45) is 4.72. The molecule has 2 aliphatic rings. The van der Waals surface area contributed by atoms with E-state index in [2.05, 4.69) is 30.6 Å². The van der Waals surface area contributed by atoms with E-state index in [0.717, 1.165) is 28.7 Å². The van der Waals surface area contributed by atoms with E-state index in [0.29, 0.717) is 45.3 Å². The molecule has 200 valence electrons. The number of nitrogens with one attached hydrogen (secondary N) is 2. The first-order chi connectivity index (χ1) is 19.4. The van der Waals surface area contributed by atoms with E-state index in [1.54, 1.807) is 12.1 Å². The van der Waals surface area contributed by atoms with E-state index in [1.165, 1.54) is 18.1 Å². The van der Waals surface area contributed by atoms with Crippen molar-refractivity contribution in [3.63, 3.8) is 0 Å². The third-order valence-electron chi connectivity index (χ3n) is 6.59. The number of amidine groups is 1. The number of anilines is 3. The molecule has 4 heterocycles. The fourth-order valence-corrected chi connectivity index (χ4v) is 5.89. The Bertz CT molecular complexity index is 1710. The van der Waals surface area contributed by atoms with Crippen molar-refractivity contribution in [3.8, 4) is 0 Å². The molecule has 4 aromatic rings. The number of aliphatic imine (C=N–C) groups is 1. The summed E-state index contributed by atoms with van der Waals surface area (Å²) in [5.74, 6) is 0.124.